The van der Waals surface area contributed by atoms with Gasteiger partial charge in [0.05, 0.1) is 4.91 Å². The monoisotopic (exact) mass is 353 g/mol. The summed E-state index contributed by atoms with van der Waals surface area (Å²) in [6, 6.07) is 7.66. The van der Waals surface area contributed by atoms with Gasteiger partial charge in [0.2, 0.25) is 0 Å². The lowest BCUT2D eigenvalue weighted by Gasteiger charge is -2.11. The van der Waals surface area contributed by atoms with Gasteiger partial charge < -0.3 is 0 Å². The largest absolute Gasteiger partial charge is 0.293 e. The Morgan fingerprint density at radius 3 is 2.80 bits per heavy atom. The highest BCUT2D eigenvalue weighted by molar-refractivity contribution is 9.10. The summed E-state index contributed by atoms with van der Waals surface area (Å²) >= 11 is 4.42. The molecular weight excluding hydrogens is 338 g/mol. The molecule has 0 unspecified atom stereocenters. The molecule has 1 saturated heterocycles. The molecule has 2 rings (SSSR count). The average Bonchev–Trinajstić information content (AvgIpc) is 2.66. The molecule has 0 bridgehead atoms. The van der Waals surface area contributed by atoms with Gasteiger partial charge in [-0.3, -0.25) is 14.5 Å². The summed E-state index contributed by atoms with van der Waals surface area (Å²) in [7, 11) is 0. The quantitative estimate of drug-likeness (QED) is 0.569. The number of imide groups is 1. The van der Waals surface area contributed by atoms with E-state index in [0.29, 0.717) is 11.4 Å². The number of rotatable bonds is 5. The average molecular weight is 354 g/mol. The lowest BCUT2D eigenvalue weighted by atomic mass is 10.2. The molecule has 1 aliphatic heterocycles. The predicted molar refractivity (Wildman–Crippen MR) is 86.3 cm³/mol. The molecule has 0 radical (unpaired) electrons. The van der Waals surface area contributed by atoms with Crippen LogP contribution in [0.2, 0.25) is 0 Å². The van der Waals surface area contributed by atoms with Gasteiger partial charge in [0, 0.05) is 11.0 Å². The van der Waals surface area contributed by atoms with Gasteiger partial charge in [-0.15, -0.1) is 0 Å². The van der Waals surface area contributed by atoms with Gasteiger partial charge in [-0.1, -0.05) is 47.8 Å². The third kappa shape index (κ3) is 3.73. The van der Waals surface area contributed by atoms with Crippen molar-refractivity contribution in [3.63, 3.8) is 0 Å². The third-order valence-electron chi connectivity index (χ3n) is 3.01. The van der Waals surface area contributed by atoms with Gasteiger partial charge in [0.1, 0.15) is 0 Å². The standard InChI is InChI=1S/C15H16BrNO2S/c1-2-3-4-8-17-14(18)13(20-15(17)19)10-11-6-5-7-12(16)9-11/h5-7,9-10H,2-4,8H2,1H3/b13-10-. The maximum Gasteiger partial charge on any atom is 0.293 e. The maximum absolute atomic E-state index is 12.2. The van der Waals surface area contributed by atoms with Crippen molar-refractivity contribution in [1.29, 1.82) is 0 Å². The van der Waals surface area contributed by atoms with Crippen LogP contribution < -0.4 is 0 Å². The Balaban J connectivity index is 2.11. The highest BCUT2D eigenvalue weighted by Crippen LogP contribution is 2.32. The minimum Gasteiger partial charge on any atom is -0.268 e. The van der Waals surface area contributed by atoms with Crippen molar-refractivity contribution >= 4 is 44.9 Å². The van der Waals surface area contributed by atoms with Crippen molar-refractivity contribution in [2.75, 3.05) is 6.54 Å². The first-order valence-corrected chi connectivity index (χ1v) is 8.23. The Bertz CT molecular complexity index is 557. The van der Waals surface area contributed by atoms with Crippen LogP contribution >= 0.6 is 27.7 Å². The molecular formula is C15H16BrNO2S. The topological polar surface area (TPSA) is 37.4 Å². The van der Waals surface area contributed by atoms with Crippen LogP contribution in [-0.4, -0.2) is 22.6 Å². The SMILES string of the molecule is CCCCCN1C(=O)S/C(=C\c2cccc(Br)c2)C1=O. The summed E-state index contributed by atoms with van der Waals surface area (Å²) in [6.07, 6.45) is 4.75. The normalized spacial score (nSPS) is 17.3. The van der Waals surface area contributed by atoms with Gasteiger partial charge in [-0.2, -0.15) is 0 Å². The molecule has 1 aliphatic rings. The van der Waals surface area contributed by atoms with Crippen LogP contribution in [0.1, 0.15) is 31.7 Å². The first-order chi connectivity index (χ1) is 9.61. The molecule has 1 aromatic rings. The number of thioether (sulfide) groups is 1. The van der Waals surface area contributed by atoms with E-state index < -0.39 is 0 Å². The Hall–Kier alpha value is -1.07. The Kier molecular flexibility index (Phi) is 5.43. The number of benzene rings is 1. The van der Waals surface area contributed by atoms with Gasteiger partial charge in [0.15, 0.2) is 0 Å². The third-order valence-corrected chi connectivity index (χ3v) is 4.41. The lowest BCUT2D eigenvalue weighted by molar-refractivity contribution is -0.122. The number of hydrogen-bond donors (Lipinski definition) is 0. The minimum absolute atomic E-state index is 0.160. The van der Waals surface area contributed by atoms with Crippen molar-refractivity contribution in [2.24, 2.45) is 0 Å². The van der Waals surface area contributed by atoms with E-state index in [0.717, 1.165) is 41.1 Å². The van der Waals surface area contributed by atoms with E-state index in [9.17, 15) is 9.59 Å². The number of carbonyl (C=O) groups is 2. The van der Waals surface area contributed by atoms with E-state index in [1.807, 2.05) is 24.3 Å². The first kappa shape index (κ1) is 15.3. The molecule has 1 heterocycles. The fourth-order valence-electron chi connectivity index (χ4n) is 1.96. The van der Waals surface area contributed by atoms with E-state index in [2.05, 4.69) is 22.9 Å². The molecule has 0 saturated carbocycles. The lowest BCUT2D eigenvalue weighted by Crippen LogP contribution is -2.29. The molecule has 1 aromatic carbocycles. The fraction of sp³-hybridized carbons (Fsp3) is 0.333. The number of amides is 2. The zero-order chi connectivity index (χ0) is 14.5. The number of carbonyl (C=O) groups excluding carboxylic acids is 2. The molecule has 3 nitrogen and oxygen atoms in total. The van der Waals surface area contributed by atoms with E-state index >= 15 is 0 Å². The second-order valence-corrected chi connectivity index (χ2v) is 6.50. The Labute approximate surface area is 131 Å². The highest BCUT2D eigenvalue weighted by Gasteiger charge is 2.34. The molecule has 0 aliphatic carbocycles. The van der Waals surface area contributed by atoms with Gasteiger partial charge in [-0.05, 0) is 42.0 Å². The number of unbranched alkanes of at least 4 members (excludes halogenated alkanes) is 2. The van der Waals surface area contributed by atoms with E-state index in [1.54, 1.807) is 6.08 Å². The van der Waals surface area contributed by atoms with E-state index in [1.165, 1.54) is 4.90 Å². The molecule has 0 N–H and O–H groups in total. The van der Waals surface area contributed by atoms with Crippen LogP contribution in [0, 0.1) is 0 Å². The minimum atomic E-state index is -0.170. The summed E-state index contributed by atoms with van der Waals surface area (Å²) in [5.41, 5.74) is 0.915. The predicted octanol–water partition coefficient (Wildman–Crippen LogP) is 4.68. The number of hydrogen-bond acceptors (Lipinski definition) is 3. The fourth-order valence-corrected chi connectivity index (χ4v) is 3.24. The zero-order valence-electron chi connectivity index (χ0n) is 11.3. The number of nitrogens with zero attached hydrogens (tertiary/aromatic N) is 1. The van der Waals surface area contributed by atoms with Crippen LogP contribution in [-0.2, 0) is 4.79 Å². The molecule has 20 heavy (non-hydrogen) atoms. The van der Waals surface area contributed by atoms with Crippen LogP contribution in [0.25, 0.3) is 6.08 Å². The van der Waals surface area contributed by atoms with Gasteiger partial charge >= 0.3 is 0 Å². The molecule has 0 aromatic heterocycles. The second-order valence-electron chi connectivity index (χ2n) is 4.60. The Morgan fingerprint density at radius 1 is 1.30 bits per heavy atom. The van der Waals surface area contributed by atoms with Crippen LogP contribution in [0.15, 0.2) is 33.6 Å². The summed E-state index contributed by atoms with van der Waals surface area (Å²) in [5, 5.41) is -0.160. The first-order valence-electron chi connectivity index (χ1n) is 6.62. The summed E-state index contributed by atoms with van der Waals surface area (Å²) in [5.74, 6) is -0.170. The molecule has 106 valence electrons. The second kappa shape index (κ2) is 7.09. The van der Waals surface area contributed by atoms with Gasteiger partial charge in [-0.25, -0.2) is 0 Å². The maximum atomic E-state index is 12.2. The van der Waals surface area contributed by atoms with Crippen LogP contribution in [0.3, 0.4) is 0 Å². The zero-order valence-corrected chi connectivity index (χ0v) is 13.7. The number of halogens is 1. The Morgan fingerprint density at radius 2 is 2.10 bits per heavy atom. The highest BCUT2D eigenvalue weighted by atomic mass is 79.9. The molecule has 0 atom stereocenters. The van der Waals surface area contributed by atoms with Crippen molar-refractivity contribution in [3.05, 3.63) is 39.2 Å². The smallest absolute Gasteiger partial charge is 0.268 e. The molecule has 0 spiro atoms. The summed E-state index contributed by atoms with van der Waals surface area (Å²) in [4.78, 5) is 25.9. The van der Waals surface area contributed by atoms with Crippen molar-refractivity contribution in [1.82, 2.24) is 4.90 Å². The molecule has 5 heteroatoms. The van der Waals surface area contributed by atoms with Crippen molar-refractivity contribution in [2.45, 2.75) is 26.2 Å². The molecule has 1 fully saturated rings. The van der Waals surface area contributed by atoms with E-state index in [-0.39, 0.29) is 11.1 Å². The summed E-state index contributed by atoms with van der Waals surface area (Å²) in [6.45, 7) is 2.62. The molecule has 2 amide bonds. The van der Waals surface area contributed by atoms with Crippen molar-refractivity contribution < 1.29 is 9.59 Å². The van der Waals surface area contributed by atoms with Crippen LogP contribution in [0.5, 0.6) is 0 Å². The summed E-state index contributed by atoms with van der Waals surface area (Å²) < 4.78 is 0.952. The van der Waals surface area contributed by atoms with E-state index in [4.69, 9.17) is 0 Å². The van der Waals surface area contributed by atoms with Crippen molar-refractivity contribution in [3.8, 4) is 0 Å². The van der Waals surface area contributed by atoms with Gasteiger partial charge in [0.25, 0.3) is 11.1 Å². The van der Waals surface area contributed by atoms with Crippen LogP contribution in [0.4, 0.5) is 4.79 Å².